The van der Waals surface area contributed by atoms with Crippen molar-refractivity contribution in [3.63, 3.8) is 0 Å². The molecule has 2 heterocycles. The van der Waals surface area contributed by atoms with Crippen molar-refractivity contribution < 1.29 is 39.9 Å². The zero-order chi connectivity index (χ0) is 17.0. The molecule has 0 aliphatic carbocycles. The quantitative estimate of drug-likeness (QED) is 0.307. The number of piperazine rings is 1. The second-order valence-electron chi connectivity index (χ2n) is 5.83. The van der Waals surface area contributed by atoms with Gasteiger partial charge in [0.1, 0.15) is 24.4 Å². The molecule has 2 fully saturated rings. The van der Waals surface area contributed by atoms with E-state index in [4.69, 9.17) is 14.7 Å². The van der Waals surface area contributed by atoms with Gasteiger partial charge in [-0.05, 0) is 0 Å². The average Bonchev–Trinajstić information content (AvgIpc) is 2.56. The monoisotopic (exact) mass is 336 g/mol. The Labute approximate surface area is 133 Å². The van der Waals surface area contributed by atoms with Crippen LogP contribution < -0.4 is 0 Å². The predicted molar refractivity (Wildman–Crippen MR) is 74.7 cm³/mol. The molecule has 5 N–H and O–H groups in total. The lowest BCUT2D eigenvalue weighted by Gasteiger charge is -2.46. The topological polar surface area (TPSA) is 143 Å². The van der Waals surface area contributed by atoms with Crippen molar-refractivity contribution in [3.8, 4) is 0 Å². The van der Waals surface area contributed by atoms with Crippen molar-refractivity contribution in [1.82, 2.24) is 9.96 Å². The maximum atomic E-state index is 10.4. The van der Waals surface area contributed by atoms with E-state index >= 15 is 0 Å². The number of aliphatic hydroxyl groups is 5. The maximum absolute atomic E-state index is 10.4. The molecule has 0 radical (unpaired) electrons. The van der Waals surface area contributed by atoms with Gasteiger partial charge >= 0.3 is 6.47 Å². The van der Waals surface area contributed by atoms with Crippen LogP contribution in [0.15, 0.2) is 0 Å². The molecule has 0 unspecified atom stereocenters. The zero-order valence-corrected chi connectivity index (χ0v) is 12.7. The SMILES string of the molecule is O=CON1CCN(CC[C@@]2(O)O[C@H](CO)[C@@H](O)[C@H](O)[C@H]2O)CC1. The molecule has 0 aromatic heterocycles. The first kappa shape index (κ1) is 18.5. The fourth-order valence-electron chi connectivity index (χ4n) is 2.86. The van der Waals surface area contributed by atoms with E-state index in [1.807, 2.05) is 4.90 Å². The number of carbonyl (C=O) groups excluding carboxylic acids is 1. The van der Waals surface area contributed by atoms with Gasteiger partial charge in [-0.3, -0.25) is 4.79 Å². The van der Waals surface area contributed by atoms with Crippen LogP contribution in [-0.4, -0.2) is 112 Å². The molecule has 10 heteroatoms. The first-order chi connectivity index (χ1) is 10.9. The highest BCUT2D eigenvalue weighted by Gasteiger charge is 2.52. The van der Waals surface area contributed by atoms with Crippen LogP contribution >= 0.6 is 0 Å². The number of ether oxygens (including phenoxy) is 1. The first-order valence-corrected chi connectivity index (χ1v) is 7.54. The molecule has 2 rings (SSSR count). The second kappa shape index (κ2) is 7.81. The Kier molecular flexibility index (Phi) is 6.28. The Bertz CT molecular complexity index is 390. The number of carbonyl (C=O) groups is 1. The number of hydroxylamine groups is 2. The molecule has 2 aliphatic heterocycles. The van der Waals surface area contributed by atoms with Crippen LogP contribution in [-0.2, 0) is 14.4 Å². The third kappa shape index (κ3) is 4.17. The minimum atomic E-state index is -2.05. The standard InChI is InChI=1S/C13H24N2O8/c16-7-9-10(18)11(19)12(20)13(21,23-9)1-2-14-3-5-15(6-4-14)22-8-17/h8-12,16,18-21H,1-7H2/t9-,10-,11+,12-,13-/m1/s1. The van der Waals surface area contributed by atoms with Gasteiger partial charge in [0.25, 0.3) is 0 Å². The van der Waals surface area contributed by atoms with Crippen molar-refractivity contribution in [3.05, 3.63) is 0 Å². The average molecular weight is 336 g/mol. The lowest BCUT2D eigenvalue weighted by Crippen LogP contribution is -2.65. The third-order valence-electron chi connectivity index (χ3n) is 4.36. The van der Waals surface area contributed by atoms with Gasteiger partial charge < -0.3 is 40.0 Å². The van der Waals surface area contributed by atoms with Gasteiger partial charge in [0.2, 0.25) is 0 Å². The van der Waals surface area contributed by atoms with Crippen molar-refractivity contribution in [2.45, 2.75) is 36.6 Å². The summed E-state index contributed by atoms with van der Waals surface area (Å²) in [6.07, 6.45) is -5.94. The van der Waals surface area contributed by atoms with E-state index in [1.165, 1.54) is 5.06 Å². The van der Waals surface area contributed by atoms with Gasteiger partial charge in [0.05, 0.1) is 6.61 Å². The van der Waals surface area contributed by atoms with Crippen LogP contribution in [0.1, 0.15) is 6.42 Å². The number of nitrogens with zero attached hydrogens (tertiary/aromatic N) is 2. The minimum absolute atomic E-state index is 0.0109. The van der Waals surface area contributed by atoms with Gasteiger partial charge in [-0.1, -0.05) is 0 Å². The van der Waals surface area contributed by atoms with Gasteiger partial charge in [-0.25, -0.2) is 0 Å². The smallest absolute Gasteiger partial charge is 0.312 e. The molecule has 0 spiro atoms. The summed E-state index contributed by atoms with van der Waals surface area (Å²) in [5, 5.41) is 50.5. The van der Waals surface area contributed by atoms with Crippen molar-refractivity contribution >= 4 is 6.47 Å². The van der Waals surface area contributed by atoms with Gasteiger partial charge in [-0.15, -0.1) is 5.06 Å². The highest BCUT2D eigenvalue weighted by molar-refractivity contribution is 5.36. The molecule has 5 atom stereocenters. The fraction of sp³-hybridized carbons (Fsp3) is 0.923. The predicted octanol–water partition coefficient (Wildman–Crippen LogP) is -3.76. The van der Waals surface area contributed by atoms with Gasteiger partial charge in [0, 0.05) is 39.1 Å². The molecule has 10 nitrogen and oxygen atoms in total. The lowest BCUT2D eigenvalue weighted by molar-refractivity contribution is -0.351. The summed E-state index contributed by atoms with van der Waals surface area (Å²) >= 11 is 0. The second-order valence-corrected chi connectivity index (χ2v) is 5.83. The van der Waals surface area contributed by atoms with Gasteiger partial charge in [0.15, 0.2) is 5.79 Å². The molecular weight excluding hydrogens is 312 g/mol. The van der Waals surface area contributed by atoms with E-state index in [2.05, 4.69) is 0 Å². The minimum Gasteiger partial charge on any atom is -0.394 e. The van der Waals surface area contributed by atoms with E-state index in [0.29, 0.717) is 39.2 Å². The van der Waals surface area contributed by atoms with Crippen molar-refractivity contribution in [2.75, 3.05) is 39.3 Å². The first-order valence-electron chi connectivity index (χ1n) is 7.54. The van der Waals surface area contributed by atoms with E-state index in [0.717, 1.165) is 0 Å². The Morgan fingerprint density at radius 2 is 1.83 bits per heavy atom. The summed E-state index contributed by atoms with van der Waals surface area (Å²) in [4.78, 5) is 17.0. The summed E-state index contributed by atoms with van der Waals surface area (Å²) in [6.45, 7) is 2.36. The van der Waals surface area contributed by atoms with E-state index in [-0.39, 0.29) is 6.42 Å². The van der Waals surface area contributed by atoms with Crippen molar-refractivity contribution in [2.24, 2.45) is 0 Å². The normalized spacial score (nSPS) is 40.0. The molecule has 0 saturated carbocycles. The van der Waals surface area contributed by atoms with Crippen molar-refractivity contribution in [1.29, 1.82) is 0 Å². The Hall–Kier alpha value is -0.850. The van der Waals surface area contributed by atoms with Crippen LogP contribution in [0.3, 0.4) is 0 Å². The largest absolute Gasteiger partial charge is 0.394 e. The van der Waals surface area contributed by atoms with E-state index in [1.54, 1.807) is 0 Å². The van der Waals surface area contributed by atoms with Crippen LogP contribution in [0.4, 0.5) is 0 Å². The number of hydrogen-bond donors (Lipinski definition) is 5. The highest BCUT2D eigenvalue weighted by Crippen LogP contribution is 2.31. The van der Waals surface area contributed by atoms with Crippen LogP contribution in [0, 0.1) is 0 Å². The lowest BCUT2D eigenvalue weighted by atomic mass is 9.90. The molecule has 134 valence electrons. The molecule has 23 heavy (non-hydrogen) atoms. The summed E-state index contributed by atoms with van der Waals surface area (Å²) in [5.74, 6) is -2.05. The maximum Gasteiger partial charge on any atom is 0.312 e. The molecule has 2 aliphatic rings. The molecule has 2 saturated heterocycles. The molecule has 0 aromatic rings. The van der Waals surface area contributed by atoms with E-state index < -0.39 is 36.8 Å². The van der Waals surface area contributed by atoms with Crippen LogP contribution in [0.5, 0.6) is 0 Å². The summed E-state index contributed by atoms with van der Waals surface area (Å²) in [6, 6.07) is 0. The van der Waals surface area contributed by atoms with Crippen LogP contribution in [0.2, 0.25) is 0 Å². The fourth-order valence-corrected chi connectivity index (χ4v) is 2.86. The number of aliphatic hydroxyl groups excluding tert-OH is 4. The Morgan fingerprint density at radius 1 is 1.17 bits per heavy atom. The number of rotatable bonds is 6. The van der Waals surface area contributed by atoms with Crippen LogP contribution in [0.25, 0.3) is 0 Å². The Balaban J connectivity index is 1.87. The third-order valence-corrected chi connectivity index (χ3v) is 4.36. The summed E-state index contributed by atoms with van der Waals surface area (Å²) < 4.78 is 5.21. The number of hydrogen-bond acceptors (Lipinski definition) is 10. The Morgan fingerprint density at radius 3 is 2.39 bits per heavy atom. The highest BCUT2D eigenvalue weighted by atomic mass is 16.7. The zero-order valence-electron chi connectivity index (χ0n) is 12.7. The molecule has 0 amide bonds. The molecule has 0 aromatic carbocycles. The molecular formula is C13H24N2O8. The van der Waals surface area contributed by atoms with Gasteiger partial charge in [-0.2, -0.15) is 0 Å². The summed E-state index contributed by atoms with van der Waals surface area (Å²) in [5.41, 5.74) is 0. The van der Waals surface area contributed by atoms with E-state index in [9.17, 15) is 25.2 Å². The summed E-state index contributed by atoms with van der Waals surface area (Å²) in [7, 11) is 0. The molecule has 0 bridgehead atoms.